The molecule has 2 saturated heterocycles. The Balaban J connectivity index is 1.43. The summed E-state index contributed by atoms with van der Waals surface area (Å²) in [5, 5.41) is 1.98. The van der Waals surface area contributed by atoms with Crippen LogP contribution in [0.2, 0.25) is 0 Å². The first-order valence-electron chi connectivity index (χ1n) is 8.92. The first kappa shape index (κ1) is 16.4. The summed E-state index contributed by atoms with van der Waals surface area (Å²) in [5.41, 5.74) is 1.06. The molecule has 1 amide bonds. The Morgan fingerprint density at radius 3 is 2.88 bits per heavy atom. The van der Waals surface area contributed by atoms with Crippen LogP contribution in [-0.2, 0) is 0 Å². The maximum absolute atomic E-state index is 12.7. The topological polar surface area (TPSA) is 45.7 Å². The number of nitrogens with zero attached hydrogens (tertiary/aromatic N) is 3. The van der Waals surface area contributed by atoms with Gasteiger partial charge in [0.15, 0.2) is 11.6 Å². The molecule has 0 radical (unpaired) electrons. The van der Waals surface area contributed by atoms with Gasteiger partial charge in [0.05, 0.1) is 11.4 Å². The first-order valence-corrected chi connectivity index (χ1v) is 9.80. The van der Waals surface area contributed by atoms with Gasteiger partial charge in [0.2, 0.25) is 0 Å². The third-order valence-corrected chi connectivity index (χ3v) is 5.94. The van der Waals surface area contributed by atoms with Gasteiger partial charge in [0.25, 0.3) is 5.91 Å². The van der Waals surface area contributed by atoms with Crippen molar-refractivity contribution >= 4 is 23.1 Å². The molecule has 0 bridgehead atoms. The molecule has 25 heavy (non-hydrogen) atoms. The number of aryl methyl sites for hydroxylation is 1. The van der Waals surface area contributed by atoms with Gasteiger partial charge in [-0.2, -0.15) is 0 Å². The van der Waals surface area contributed by atoms with Crippen molar-refractivity contribution in [3.8, 4) is 5.75 Å². The van der Waals surface area contributed by atoms with E-state index in [2.05, 4.69) is 9.88 Å². The Kier molecular flexibility index (Phi) is 4.61. The molecule has 2 fully saturated rings. The number of carbonyl (C=O) groups excluding carboxylic acids is 1. The SMILES string of the molecule is Cc1ccsc1C(=O)N1CC[C@@H](Oc2cccnc2N2CCCC2)C1. The smallest absolute Gasteiger partial charge is 0.264 e. The van der Waals surface area contributed by atoms with Gasteiger partial charge >= 0.3 is 0 Å². The van der Waals surface area contributed by atoms with Crippen molar-refractivity contribution < 1.29 is 9.53 Å². The Morgan fingerprint density at radius 1 is 1.28 bits per heavy atom. The predicted octanol–water partition coefficient (Wildman–Crippen LogP) is 3.35. The molecule has 2 aliphatic rings. The van der Waals surface area contributed by atoms with Gasteiger partial charge in [-0.15, -0.1) is 11.3 Å². The minimum atomic E-state index is 0.0368. The second-order valence-corrected chi connectivity index (χ2v) is 7.65. The summed E-state index contributed by atoms with van der Waals surface area (Å²) in [4.78, 5) is 22.2. The molecule has 0 saturated carbocycles. The van der Waals surface area contributed by atoms with Gasteiger partial charge in [0.1, 0.15) is 6.10 Å². The highest BCUT2D eigenvalue weighted by molar-refractivity contribution is 7.12. The first-order chi connectivity index (χ1) is 12.2. The van der Waals surface area contributed by atoms with Crippen LogP contribution < -0.4 is 9.64 Å². The molecule has 4 heterocycles. The number of carbonyl (C=O) groups is 1. The highest BCUT2D eigenvalue weighted by Gasteiger charge is 2.30. The zero-order valence-electron chi connectivity index (χ0n) is 14.5. The Hall–Kier alpha value is -2.08. The zero-order valence-corrected chi connectivity index (χ0v) is 15.3. The molecule has 132 valence electrons. The second-order valence-electron chi connectivity index (χ2n) is 6.73. The van der Waals surface area contributed by atoms with Crippen LogP contribution in [0, 0.1) is 6.92 Å². The maximum atomic E-state index is 12.7. The minimum absolute atomic E-state index is 0.0368. The summed E-state index contributed by atoms with van der Waals surface area (Å²) in [6.07, 6.45) is 5.15. The molecule has 4 rings (SSSR count). The van der Waals surface area contributed by atoms with Crippen LogP contribution >= 0.6 is 11.3 Å². The standard InChI is InChI=1S/C19H23N3O2S/c1-14-7-12-25-17(14)19(23)22-11-6-15(13-22)24-16-5-4-8-20-18(16)21-9-2-3-10-21/h4-5,7-8,12,15H,2-3,6,9-11,13H2,1H3/t15-/m1/s1. The second kappa shape index (κ2) is 7.04. The quantitative estimate of drug-likeness (QED) is 0.842. The molecular formula is C19H23N3O2S. The highest BCUT2D eigenvalue weighted by atomic mass is 32.1. The summed E-state index contributed by atoms with van der Waals surface area (Å²) in [6, 6.07) is 5.91. The molecule has 0 aliphatic carbocycles. The number of pyridine rings is 1. The number of thiophene rings is 1. The number of hydrogen-bond acceptors (Lipinski definition) is 5. The van der Waals surface area contributed by atoms with Crippen LogP contribution in [0.5, 0.6) is 5.75 Å². The number of hydrogen-bond donors (Lipinski definition) is 0. The maximum Gasteiger partial charge on any atom is 0.264 e. The number of ether oxygens (including phenoxy) is 1. The van der Waals surface area contributed by atoms with E-state index in [1.807, 2.05) is 41.6 Å². The molecular weight excluding hydrogens is 334 g/mol. The van der Waals surface area contributed by atoms with E-state index < -0.39 is 0 Å². The Morgan fingerprint density at radius 2 is 2.12 bits per heavy atom. The fraction of sp³-hybridized carbons (Fsp3) is 0.474. The van der Waals surface area contributed by atoms with Crippen LogP contribution in [0.3, 0.4) is 0 Å². The van der Waals surface area contributed by atoms with Crippen LogP contribution in [0.25, 0.3) is 0 Å². The summed E-state index contributed by atoms with van der Waals surface area (Å²) >= 11 is 1.52. The van der Waals surface area contributed by atoms with Crippen molar-refractivity contribution in [1.82, 2.24) is 9.88 Å². The van der Waals surface area contributed by atoms with Crippen molar-refractivity contribution in [2.75, 3.05) is 31.1 Å². The molecule has 1 atom stereocenters. The van der Waals surface area contributed by atoms with Gasteiger partial charge in [-0.3, -0.25) is 4.79 Å². The number of aromatic nitrogens is 1. The van der Waals surface area contributed by atoms with Gasteiger partial charge < -0.3 is 14.5 Å². The monoisotopic (exact) mass is 357 g/mol. The number of anilines is 1. The van der Waals surface area contributed by atoms with Crippen molar-refractivity contribution in [2.24, 2.45) is 0 Å². The molecule has 2 aromatic rings. The van der Waals surface area contributed by atoms with Crippen LogP contribution in [0.15, 0.2) is 29.8 Å². The molecule has 0 aromatic carbocycles. The van der Waals surface area contributed by atoms with E-state index in [4.69, 9.17) is 4.74 Å². The van der Waals surface area contributed by atoms with E-state index in [1.165, 1.54) is 24.2 Å². The number of rotatable bonds is 4. The van der Waals surface area contributed by atoms with E-state index in [9.17, 15) is 4.79 Å². The van der Waals surface area contributed by atoms with Gasteiger partial charge in [-0.25, -0.2) is 4.98 Å². The fourth-order valence-corrected chi connectivity index (χ4v) is 4.46. The normalized spacial score (nSPS) is 20.3. The third kappa shape index (κ3) is 3.35. The Labute approximate surface area is 152 Å². The molecule has 6 heteroatoms. The molecule has 0 unspecified atom stereocenters. The highest BCUT2D eigenvalue weighted by Crippen LogP contribution is 2.31. The molecule has 2 aliphatic heterocycles. The zero-order chi connectivity index (χ0) is 17.2. The van der Waals surface area contributed by atoms with Crippen molar-refractivity contribution in [3.63, 3.8) is 0 Å². The average Bonchev–Trinajstić information content (AvgIpc) is 3.36. The van der Waals surface area contributed by atoms with E-state index in [1.54, 1.807) is 0 Å². The third-order valence-electron chi connectivity index (χ3n) is 4.94. The van der Waals surface area contributed by atoms with E-state index in [-0.39, 0.29) is 12.0 Å². The van der Waals surface area contributed by atoms with Crippen molar-refractivity contribution in [2.45, 2.75) is 32.3 Å². The fourth-order valence-electron chi connectivity index (χ4n) is 3.56. The lowest BCUT2D eigenvalue weighted by molar-refractivity contribution is 0.0776. The summed E-state index contributed by atoms with van der Waals surface area (Å²) in [6.45, 7) is 5.47. The van der Waals surface area contributed by atoms with Crippen LogP contribution in [-0.4, -0.2) is 48.1 Å². The molecule has 0 spiro atoms. The van der Waals surface area contributed by atoms with Crippen molar-refractivity contribution in [1.29, 1.82) is 0 Å². The summed E-state index contributed by atoms with van der Waals surface area (Å²) < 4.78 is 6.25. The molecule has 5 nitrogen and oxygen atoms in total. The number of likely N-dealkylation sites (tertiary alicyclic amines) is 1. The summed E-state index contributed by atoms with van der Waals surface area (Å²) in [7, 11) is 0. The van der Waals surface area contributed by atoms with Gasteiger partial charge in [-0.05, 0) is 48.9 Å². The number of amides is 1. The Bertz CT molecular complexity index is 755. The lowest BCUT2D eigenvalue weighted by Gasteiger charge is -2.22. The summed E-state index contributed by atoms with van der Waals surface area (Å²) in [5.74, 6) is 1.92. The van der Waals surface area contributed by atoms with E-state index in [0.717, 1.165) is 48.1 Å². The van der Waals surface area contributed by atoms with Gasteiger partial charge in [0, 0.05) is 32.3 Å². The van der Waals surface area contributed by atoms with Crippen LogP contribution in [0.1, 0.15) is 34.5 Å². The lowest BCUT2D eigenvalue weighted by atomic mass is 10.3. The minimum Gasteiger partial charge on any atom is -0.485 e. The van der Waals surface area contributed by atoms with E-state index >= 15 is 0 Å². The molecule has 2 aromatic heterocycles. The predicted molar refractivity (Wildman–Crippen MR) is 99.7 cm³/mol. The van der Waals surface area contributed by atoms with Crippen LogP contribution in [0.4, 0.5) is 5.82 Å². The van der Waals surface area contributed by atoms with Gasteiger partial charge in [-0.1, -0.05) is 0 Å². The lowest BCUT2D eigenvalue weighted by Crippen LogP contribution is -2.31. The van der Waals surface area contributed by atoms with Crippen molar-refractivity contribution in [3.05, 3.63) is 40.2 Å². The van der Waals surface area contributed by atoms with E-state index in [0.29, 0.717) is 6.54 Å². The largest absolute Gasteiger partial charge is 0.485 e. The molecule has 0 N–H and O–H groups in total. The average molecular weight is 357 g/mol.